The summed E-state index contributed by atoms with van der Waals surface area (Å²) < 4.78 is 1.74. The zero-order chi connectivity index (χ0) is 27.3. The number of rotatable bonds is 11. The molecule has 0 saturated heterocycles. The predicted molar refractivity (Wildman–Crippen MR) is 160 cm³/mol. The van der Waals surface area contributed by atoms with E-state index in [1.54, 1.807) is 16.8 Å². The third kappa shape index (κ3) is 8.15. The summed E-state index contributed by atoms with van der Waals surface area (Å²) in [6.45, 7) is 8.73. The van der Waals surface area contributed by atoms with Crippen LogP contribution in [-0.4, -0.2) is 20.6 Å². The molecule has 6 heteroatoms. The Labute approximate surface area is 230 Å². The maximum atomic E-state index is 12.8. The number of aryl methyl sites for hydroxylation is 2. The van der Waals surface area contributed by atoms with Crippen LogP contribution in [-0.2, 0) is 6.42 Å². The molecule has 0 bridgehead atoms. The van der Waals surface area contributed by atoms with Crippen molar-refractivity contribution in [3.05, 3.63) is 63.6 Å². The Morgan fingerprint density at radius 1 is 1.08 bits per heavy atom. The SMILES string of the molecule is CCCC(CCC)Nc1ncc2cc(C#N)c(=O)n(C3CCCC3)c2n1.CCCCCc1ccc(C)cc1.[HH]. The topological polar surface area (TPSA) is 83.6 Å². The molecule has 6 nitrogen and oxygen atoms in total. The Bertz CT molecular complexity index is 1240. The molecule has 0 unspecified atom stereocenters. The molecule has 0 spiro atoms. The molecule has 0 atom stereocenters. The summed E-state index contributed by atoms with van der Waals surface area (Å²) in [5, 5.41) is 13.5. The highest BCUT2D eigenvalue weighted by Crippen LogP contribution is 2.30. The van der Waals surface area contributed by atoms with Gasteiger partial charge < -0.3 is 5.32 Å². The van der Waals surface area contributed by atoms with Crippen molar-refractivity contribution in [2.75, 3.05) is 5.32 Å². The van der Waals surface area contributed by atoms with E-state index >= 15 is 0 Å². The summed E-state index contributed by atoms with van der Waals surface area (Å²) in [4.78, 5) is 21.9. The fourth-order valence-corrected chi connectivity index (χ4v) is 5.27. The van der Waals surface area contributed by atoms with Gasteiger partial charge in [0, 0.05) is 25.1 Å². The van der Waals surface area contributed by atoms with Crippen LogP contribution in [0, 0.1) is 18.3 Å². The first-order valence-electron chi connectivity index (χ1n) is 14.6. The minimum absolute atomic E-state index is 0. The van der Waals surface area contributed by atoms with Crippen LogP contribution in [0.1, 0.15) is 116 Å². The summed E-state index contributed by atoms with van der Waals surface area (Å²) >= 11 is 0. The van der Waals surface area contributed by atoms with E-state index in [0.717, 1.165) is 56.8 Å². The lowest BCUT2D eigenvalue weighted by molar-refractivity contribution is 0.515. The molecule has 1 N–H and O–H groups in total. The highest BCUT2D eigenvalue weighted by atomic mass is 16.1. The van der Waals surface area contributed by atoms with Gasteiger partial charge in [-0.25, -0.2) is 4.98 Å². The lowest BCUT2D eigenvalue weighted by Crippen LogP contribution is -2.27. The van der Waals surface area contributed by atoms with Crippen molar-refractivity contribution >= 4 is 17.0 Å². The molecule has 2 aromatic heterocycles. The first-order chi connectivity index (χ1) is 18.5. The highest BCUT2D eigenvalue weighted by Gasteiger charge is 2.23. The quantitative estimate of drug-likeness (QED) is 0.260. The maximum Gasteiger partial charge on any atom is 0.270 e. The van der Waals surface area contributed by atoms with Crippen LogP contribution in [0.3, 0.4) is 0 Å². The van der Waals surface area contributed by atoms with E-state index in [1.807, 2.05) is 6.07 Å². The van der Waals surface area contributed by atoms with Gasteiger partial charge >= 0.3 is 0 Å². The number of hydrogen-bond donors (Lipinski definition) is 1. The number of hydrogen-bond acceptors (Lipinski definition) is 5. The average molecular weight is 518 g/mol. The van der Waals surface area contributed by atoms with Crippen LogP contribution < -0.4 is 10.9 Å². The Kier molecular flexibility index (Phi) is 11.8. The van der Waals surface area contributed by atoms with Crippen LogP contribution in [0.5, 0.6) is 0 Å². The molecule has 2 heterocycles. The number of nitriles is 1. The number of benzene rings is 1. The Balaban J connectivity index is 0.000000346. The van der Waals surface area contributed by atoms with Crippen molar-refractivity contribution in [1.29, 1.82) is 5.26 Å². The standard InChI is InChI=1S/C20H27N5O.C12H18.H2/c1-3-7-16(8-4-2)23-20-22-13-15-11-14(12-21)19(26)25(18(15)24-20)17-9-5-6-10-17;1-3-4-5-6-12-9-7-11(2)8-10-12;/h11,13,16-17H,3-10H2,1-2H3,(H,22,23,24);7-10H,3-6H2,1-2H3;1H. The Hall–Kier alpha value is -3.20. The van der Waals surface area contributed by atoms with Crippen molar-refractivity contribution in [2.24, 2.45) is 0 Å². The molecule has 0 radical (unpaired) electrons. The van der Waals surface area contributed by atoms with Gasteiger partial charge in [-0.15, -0.1) is 0 Å². The molecule has 0 amide bonds. The Morgan fingerprint density at radius 3 is 2.37 bits per heavy atom. The van der Waals surface area contributed by atoms with Crippen LogP contribution in [0.15, 0.2) is 41.3 Å². The lowest BCUT2D eigenvalue weighted by Gasteiger charge is -2.19. The van der Waals surface area contributed by atoms with E-state index in [1.165, 1.54) is 36.8 Å². The summed E-state index contributed by atoms with van der Waals surface area (Å²) in [6, 6.07) is 13.0. The molecule has 1 aromatic carbocycles. The number of anilines is 1. The van der Waals surface area contributed by atoms with Crippen molar-refractivity contribution in [3.8, 4) is 6.07 Å². The van der Waals surface area contributed by atoms with E-state index < -0.39 is 0 Å². The molecular formula is C32H47N5O. The summed E-state index contributed by atoms with van der Waals surface area (Å²) in [7, 11) is 0. The number of aromatic nitrogens is 3. The van der Waals surface area contributed by atoms with Gasteiger partial charge in [-0.3, -0.25) is 9.36 Å². The van der Waals surface area contributed by atoms with Gasteiger partial charge in [0.2, 0.25) is 5.95 Å². The number of unbranched alkanes of at least 4 members (excludes halogenated alkanes) is 2. The van der Waals surface area contributed by atoms with E-state index in [9.17, 15) is 10.1 Å². The second-order valence-corrected chi connectivity index (χ2v) is 10.6. The monoisotopic (exact) mass is 517 g/mol. The molecule has 1 aliphatic carbocycles. The largest absolute Gasteiger partial charge is 0.351 e. The van der Waals surface area contributed by atoms with Crippen LogP contribution in [0.4, 0.5) is 5.95 Å². The molecule has 38 heavy (non-hydrogen) atoms. The second-order valence-electron chi connectivity index (χ2n) is 10.6. The third-order valence-electron chi connectivity index (χ3n) is 7.38. The molecule has 206 valence electrons. The van der Waals surface area contributed by atoms with Gasteiger partial charge in [-0.1, -0.05) is 89.1 Å². The molecule has 1 fully saturated rings. The fourth-order valence-electron chi connectivity index (χ4n) is 5.27. The van der Waals surface area contributed by atoms with Gasteiger partial charge in [-0.05, 0) is 57.1 Å². The van der Waals surface area contributed by atoms with Gasteiger partial charge in [0.05, 0.1) is 0 Å². The predicted octanol–water partition coefficient (Wildman–Crippen LogP) is 8.13. The van der Waals surface area contributed by atoms with Crippen molar-refractivity contribution < 1.29 is 1.43 Å². The molecule has 1 aliphatic rings. The average Bonchev–Trinajstić information content (AvgIpc) is 3.45. The van der Waals surface area contributed by atoms with Crippen molar-refractivity contribution in [2.45, 2.75) is 117 Å². The molecule has 1 saturated carbocycles. The summed E-state index contributed by atoms with van der Waals surface area (Å²) in [5.74, 6) is 0.570. The number of nitrogens with one attached hydrogen (secondary N) is 1. The molecule has 3 aromatic rings. The third-order valence-corrected chi connectivity index (χ3v) is 7.38. The van der Waals surface area contributed by atoms with Crippen molar-refractivity contribution in [1.82, 2.24) is 14.5 Å². The Morgan fingerprint density at radius 2 is 1.76 bits per heavy atom. The summed E-state index contributed by atoms with van der Waals surface area (Å²) in [5.41, 5.74) is 3.42. The van der Waals surface area contributed by atoms with Gasteiger partial charge in [0.1, 0.15) is 17.3 Å². The number of pyridine rings is 1. The van der Waals surface area contributed by atoms with E-state index in [-0.39, 0.29) is 18.6 Å². The smallest absolute Gasteiger partial charge is 0.270 e. The highest BCUT2D eigenvalue weighted by molar-refractivity contribution is 5.77. The normalized spacial score (nSPS) is 13.4. The first-order valence-corrected chi connectivity index (χ1v) is 14.6. The van der Waals surface area contributed by atoms with Gasteiger partial charge in [-0.2, -0.15) is 10.2 Å². The molecular weight excluding hydrogens is 470 g/mol. The lowest BCUT2D eigenvalue weighted by atomic mass is 10.1. The fraction of sp³-hybridized carbons (Fsp3) is 0.562. The van der Waals surface area contributed by atoms with Crippen LogP contribution in [0.25, 0.3) is 11.0 Å². The van der Waals surface area contributed by atoms with E-state index in [4.69, 9.17) is 4.98 Å². The van der Waals surface area contributed by atoms with Crippen LogP contribution in [0.2, 0.25) is 0 Å². The minimum Gasteiger partial charge on any atom is -0.351 e. The maximum absolute atomic E-state index is 12.8. The van der Waals surface area contributed by atoms with E-state index in [2.05, 4.69) is 62.3 Å². The van der Waals surface area contributed by atoms with Gasteiger partial charge in [0.25, 0.3) is 5.56 Å². The van der Waals surface area contributed by atoms with Crippen LogP contribution >= 0.6 is 0 Å². The number of fused-ring (bicyclic) bond motifs is 1. The minimum atomic E-state index is -0.227. The molecule has 0 aliphatic heterocycles. The van der Waals surface area contributed by atoms with Gasteiger partial charge in [0.15, 0.2) is 0 Å². The van der Waals surface area contributed by atoms with E-state index in [0.29, 0.717) is 17.6 Å². The zero-order valence-corrected chi connectivity index (χ0v) is 23.8. The first kappa shape index (κ1) is 29.4. The van der Waals surface area contributed by atoms with Crippen molar-refractivity contribution in [3.63, 3.8) is 0 Å². The molecule has 4 rings (SSSR count). The summed E-state index contributed by atoms with van der Waals surface area (Å²) in [6.07, 6.45) is 15.5. The number of nitrogens with zero attached hydrogens (tertiary/aromatic N) is 4. The second kappa shape index (κ2) is 15.3. The zero-order valence-electron chi connectivity index (χ0n) is 23.8.